The average Bonchev–Trinajstić information content (AvgIpc) is 2.68. The van der Waals surface area contributed by atoms with Crippen molar-refractivity contribution in [2.45, 2.75) is 26.1 Å². The third-order valence-corrected chi connectivity index (χ3v) is 7.02. The number of morpholine rings is 2. The maximum atomic E-state index is 12.6. The SMILES string of the molecule is CC1CN(S(=O)(=O)CCNC(=O)Nc2cc(Cl)ccc2N2CCOCC2)CC(C)O1. The van der Waals surface area contributed by atoms with E-state index in [4.69, 9.17) is 21.1 Å². The van der Waals surface area contributed by atoms with Gasteiger partial charge in [0.15, 0.2) is 0 Å². The summed E-state index contributed by atoms with van der Waals surface area (Å²) in [5.74, 6) is -0.175. The zero-order valence-corrected chi connectivity index (χ0v) is 18.8. The van der Waals surface area contributed by atoms with Crippen LogP contribution in [0.4, 0.5) is 16.2 Å². The van der Waals surface area contributed by atoms with E-state index in [0.29, 0.717) is 50.1 Å². The summed E-state index contributed by atoms with van der Waals surface area (Å²) in [7, 11) is -3.48. The van der Waals surface area contributed by atoms with Crippen molar-refractivity contribution >= 4 is 39.0 Å². The Labute approximate surface area is 182 Å². The van der Waals surface area contributed by atoms with Crippen molar-refractivity contribution in [1.82, 2.24) is 9.62 Å². The van der Waals surface area contributed by atoms with E-state index in [-0.39, 0.29) is 24.5 Å². The van der Waals surface area contributed by atoms with Crippen LogP contribution in [0.3, 0.4) is 0 Å². The Morgan fingerprint density at radius 2 is 1.87 bits per heavy atom. The smallest absolute Gasteiger partial charge is 0.319 e. The molecule has 1 aromatic carbocycles. The molecule has 2 N–H and O–H groups in total. The molecule has 0 aliphatic carbocycles. The van der Waals surface area contributed by atoms with E-state index in [9.17, 15) is 13.2 Å². The van der Waals surface area contributed by atoms with Crippen molar-refractivity contribution in [3.8, 4) is 0 Å². The molecule has 11 heteroatoms. The number of halogens is 1. The van der Waals surface area contributed by atoms with Crippen molar-refractivity contribution in [3.05, 3.63) is 23.2 Å². The van der Waals surface area contributed by atoms with Crippen LogP contribution in [0.2, 0.25) is 5.02 Å². The second-order valence-corrected chi connectivity index (χ2v) is 10.1. The fourth-order valence-corrected chi connectivity index (χ4v) is 5.30. The molecule has 2 aliphatic heterocycles. The molecule has 0 radical (unpaired) electrons. The molecule has 9 nitrogen and oxygen atoms in total. The number of hydrogen-bond acceptors (Lipinski definition) is 6. The van der Waals surface area contributed by atoms with Crippen molar-refractivity contribution in [1.29, 1.82) is 0 Å². The molecule has 30 heavy (non-hydrogen) atoms. The van der Waals surface area contributed by atoms with Gasteiger partial charge in [-0.15, -0.1) is 0 Å². The second-order valence-electron chi connectivity index (χ2n) is 7.53. The predicted molar refractivity (Wildman–Crippen MR) is 117 cm³/mol. The lowest BCUT2D eigenvalue weighted by molar-refractivity contribution is -0.0440. The van der Waals surface area contributed by atoms with Gasteiger partial charge < -0.3 is 25.0 Å². The Morgan fingerprint density at radius 3 is 2.53 bits per heavy atom. The number of hydrogen-bond donors (Lipinski definition) is 2. The van der Waals surface area contributed by atoms with Crippen LogP contribution in [0.15, 0.2) is 18.2 Å². The first-order valence-corrected chi connectivity index (χ1v) is 12.0. The molecule has 2 atom stereocenters. The number of anilines is 2. The first kappa shape index (κ1) is 23.1. The van der Waals surface area contributed by atoms with Gasteiger partial charge in [-0.05, 0) is 32.0 Å². The van der Waals surface area contributed by atoms with E-state index in [0.717, 1.165) is 5.69 Å². The average molecular weight is 461 g/mol. The molecular weight excluding hydrogens is 432 g/mol. The van der Waals surface area contributed by atoms with Gasteiger partial charge >= 0.3 is 6.03 Å². The van der Waals surface area contributed by atoms with E-state index in [2.05, 4.69) is 15.5 Å². The van der Waals surface area contributed by atoms with Crippen LogP contribution in [0.25, 0.3) is 0 Å². The Hall–Kier alpha value is -1.59. The summed E-state index contributed by atoms with van der Waals surface area (Å²) in [5, 5.41) is 5.91. The van der Waals surface area contributed by atoms with Gasteiger partial charge in [-0.1, -0.05) is 11.6 Å². The van der Waals surface area contributed by atoms with Gasteiger partial charge in [-0.25, -0.2) is 13.2 Å². The number of sulfonamides is 1. The van der Waals surface area contributed by atoms with Crippen molar-refractivity contribution < 1.29 is 22.7 Å². The third-order valence-electron chi connectivity index (χ3n) is 4.98. The Bertz CT molecular complexity index is 837. The highest BCUT2D eigenvalue weighted by Gasteiger charge is 2.30. The van der Waals surface area contributed by atoms with Crippen LogP contribution in [0.5, 0.6) is 0 Å². The number of benzene rings is 1. The number of carbonyl (C=O) groups excluding carboxylic acids is 1. The number of nitrogens with one attached hydrogen (secondary N) is 2. The van der Waals surface area contributed by atoms with Gasteiger partial charge in [0.2, 0.25) is 10.0 Å². The van der Waals surface area contributed by atoms with E-state index < -0.39 is 16.1 Å². The molecule has 2 fully saturated rings. The largest absolute Gasteiger partial charge is 0.378 e. The molecule has 2 aliphatic rings. The highest BCUT2D eigenvalue weighted by atomic mass is 35.5. The van der Waals surface area contributed by atoms with E-state index in [1.165, 1.54) is 4.31 Å². The van der Waals surface area contributed by atoms with Crippen molar-refractivity contribution in [2.75, 3.05) is 61.9 Å². The lowest BCUT2D eigenvalue weighted by Gasteiger charge is -2.34. The minimum atomic E-state index is -3.48. The summed E-state index contributed by atoms with van der Waals surface area (Å²) in [6, 6.07) is 4.82. The minimum absolute atomic E-state index is 0.00173. The number of ether oxygens (including phenoxy) is 2. The molecule has 0 saturated carbocycles. The Kier molecular flexibility index (Phi) is 7.81. The van der Waals surface area contributed by atoms with Crippen LogP contribution in [-0.2, 0) is 19.5 Å². The van der Waals surface area contributed by atoms with Gasteiger partial charge in [0.25, 0.3) is 0 Å². The van der Waals surface area contributed by atoms with Gasteiger partial charge in [-0.3, -0.25) is 0 Å². The fourth-order valence-electron chi connectivity index (χ4n) is 3.64. The Balaban J connectivity index is 1.55. The third kappa shape index (κ3) is 6.21. The highest BCUT2D eigenvalue weighted by Crippen LogP contribution is 2.29. The van der Waals surface area contributed by atoms with E-state index >= 15 is 0 Å². The number of amides is 2. The molecule has 2 saturated heterocycles. The predicted octanol–water partition coefficient (Wildman–Crippen LogP) is 1.74. The summed E-state index contributed by atoms with van der Waals surface area (Å²) in [5.41, 5.74) is 1.42. The summed E-state index contributed by atoms with van der Waals surface area (Å²) in [6.45, 7) is 7.01. The van der Waals surface area contributed by atoms with Crippen molar-refractivity contribution in [2.24, 2.45) is 0 Å². The lowest BCUT2D eigenvalue weighted by Crippen LogP contribution is -2.49. The van der Waals surface area contributed by atoms with E-state index in [1.807, 2.05) is 19.9 Å². The molecule has 2 heterocycles. The lowest BCUT2D eigenvalue weighted by atomic mass is 10.2. The van der Waals surface area contributed by atoms with Gasteiger partial charge in [0.05, 0.1) is 42.5 Å². The first-order chi connectivity index (χ1) is 14.2. The number of nitrogens with zero attached hydrogens (tertiary/aromatic N) is 2. The topological polar surface area (TPSA) is 100 Å². The maximum Gasteiger partial charge on any atom is 0.319 e. The van der Waals surface area contributed by atoms with Gasteiger partial charge in [-0.2, -0.15) is 4.31 Å². The molecule has 0 aromatic heterocycles. The summed E-state index contributed by atoms with van der Waals surface area (Å²) in [6.07, 6.45) is -0.303. The van der Waals surface area contributed by atoms with Gasteiger partial charge in [0, 0.05) is 37.7 Å². The van der Waals surface area contributed by atoms with E-state index in [1.54, 1.807) is 12.1 Å². The zero-order valence-electron chi connectivity index (χ0n) is 17.3. The number of urea groups is 1. The standard InChI is InChI=1S/C19H29ClN4O5S/c1-14-12-24(13-15(2)29-14)30(26,27)10-5-21-19(25)22-17-11-16(20)3-4-18(17)23-6-8-28-9-7-23/h3-4,11,14-15H,5-10,12-13H2,1-2H3,(H2,21,22,25). The maximum absolute atomic E-state index is 12.6. The quantitative estimate of drug-likeness (QED) is 0.670. The molecule has 168 valence electrons. The summed E-state index contributed by atoms with van der Waals surface area (Å²) in [4.78, 5) is 14.5. The van der Waals surface area contributed by atoms with Gasteiger partial charge in [0.1, 0.15) is 0 Å². The van der Waals surface area contributed by atoms with Crippen LogP contribution in [0.1, 0.15) is 13.8 Å². The monoisotopic (exact) mass is 460 g/mol. The molecule has 3 rings (SSSR count). The molecule has 1 aromatic rings. The molecular formula is C19H29ClN4O5S. The highest BCUT2D eigenvalue weighted by molar-refractivity contribution is 7.89. The molecule has 2 amide bonds. The minimum Gasteiger partial charge on any atom is -0.378 e. The molecule has 2 unspecified atom stereocenters. The van der Waals surface area contributed by atoms with Crippen molar-refractivity contribution in [3.63, 3.8) is 0 Å². The molecule has 0 bridgehead atoms. The summed E-state index contributed by atoms with van der Waals surface area (Å²) >= 11 is 6.10. The van der Waals surface area contributed by atoms with Crippen LogP contribution in [0, 0.1) is 0 Å². The molecule has 0 spiro atoms. The van der Waals surface area contributed by atoms with Crippen LogP contribution >= 0.6 is 11.6 Å². The number of rotatable bonds is 6. The zero-order chi connectivity index (χ0) is 21.7. The summed E-state index contributed by atoms with van der Waals surface area (Å²) < 4.78 is 37.6. The Morgan fingerprint density at radius 1 is 1.20 bits per heavy atom. The first-order valence-electron chi connectivity index (χ1n) is 10.0. The normalized spacial score (nSPS) is 23.2. The van der Waals surface area contributed by atoms with Crippen LogP contribution < -0.4 is 15.5 Å². The van der Waals surface area contributed by atoms with Crippen LogP contribution in [-0.4, -0.2) is 82.7 Å². The fraction of sp³-hybridized carbons (Fsp3) is 0.632. The second kappa shape index (κ2) is 10.1. The number of carbonyl (C=O) groups is 1.